The summed E-state index contributed by atoms with van der Waals surface area (Å²) in [6.45, 7) is 4.65. The van der Waals surface area contributed by atoms with Crippen LogP contribution in [0.15, 0.2) is 22.8 Å². The smallest absolute Gasteiger partial charge is 0.126 e. The van der Waals surface area contributed by atoms with Crippen molar-refractivity contribution in [1.82, 2.24) is 0 Å². The topological polar surface area (TPSA) is 13.1 Å². The van der Waals surface area contributed by atoms with Gasteiger partial charge in [0.2, 0.25) is 0 Å². The fourth-order valence-electron chi connectivity index (χ4n) is 1.10. The van der Waals surface area contributed by atoms with Crippen molar-refractivity contribution in [1.29, 1.82) is 0 Å². The lowest BCUT2D eigenvalue weighted by Crippen LogP contribution is -2.39. The molecule has 0 aliphatic carbocycles. The highest BCUT2D eigenvalue weighted by Gasteiger charge is 2.24. The fraction of sp³-hybridized carbons (Fsp3) is 0.500. The van der Waals surface area contributed by atoms with Crippen LogP contribution in [0.1, 0.15) is 0 Å². The standard InChI is InChI=1S/C8H13OSi2/c1-11(2,7-6-10)8-4-3-5-9-8/h3-5H,6-7H2,1-2H3. The molecule has 0 unspecified atom stereocenters. The average molecular weight is 181 g/mol. The lowest BCUT2D eigenvalue weighted by molar-refractivity contribution is 0.597. The summed E-state index contributed by atoms with van der Waals surface area (Å²) >= 11 is 0. The molecular weight excluding hydrogens is 168 g/mol. The molecule has 3 heteroatoms. The second kappa shape index (κ2) is 3.41. The minimum absolute atomic E-state index is 1.07. The summed E-state index contributed by atoms with van der Waals surface area (Å²) in [7, 11) is 2.27. The summed E-state index contributed by atoms with van der Waals surface area (Å²) in [6, 6.07) is 6.36. The van der Waals surface area contributed by atoms with Crippen LogP contribution in [0, 0.1) is 0 Å². The molecule has 0 aliphatic heterocycles. The quantitative estimate of drug-likeness (QED) is 0.648. The van der Waals surface area contributed by atoms with Gasteiger partial charge in [0.05, 0.1) is 11.6 Å². The van der Waals surface area contributed by atoms with Gasteiger partial charge in [-0.25, -0.2) is 0 Å². The number of furan rings is 1. The van der Waals surface area contributed by atoms with Crippen molar-refractivity contribution in [3.05, 3.63) is 18.4 Å². The van der Waals surface area contributed by atoms with Crippen molar-refractivity contribution in [2.75, 3.05) is 0 Å². The molecule has 0 saturated carbocycles. The van der Waals surface area contributed by atoms with Crippen molar-refractivity contribution in [2.24, 2.45) is 0 Å². The molecule has 1 nitrogen and oxygen atoms in total. The Morgan fingerprint density at radius 3 is 2.73 bits per heavy atom. The van der Waals surface area contributed by atoms with E-state index in [-0.39, 0.29) is 0 Å². The van der Waals surface area contributed by atoms with E-state index in [1.54, 1.807) is 6.26 Å². The average Bonchev–Trinajstić information content (AvgIpc) is 2.37. The first-order valence-electron chi connectivity index (χ1n) is 3.85. The van der Waals surface area contributed by atoms with Crippen LogP contribution in [0.3, 0.4) is 0 Å². The maximum atomic E-state index is 5.39. The van der Waals surface area contributed by atoms with Gasteiger partial charge in [0.15, 0.2) is 0 Å². The Hall–Kier alpha value is -0.286. The highest BCUT2D eigenvalue weighted by molar-refractivity contribution is 6.89. The third-order valence-corrected chi connectivity index (χ3v) is 5.81. The molecule has 0 aromatic carbocycles. The van der Waals surface area contributed by atoms with E-state index >= 15 is 0 Å². The van der Waals surface area contributed by atoms with E-state index in [9.17, 15) is 0 Å². The second-order valence-electron chi connectivity index (χ2n) is 3.36. The zero-order valence-corrected chi connectivity index (χ0v) is 9.05. The molecule has 11 heavy (non-hydrogen) atoms. The Morgan fingerprint density at radius 2 is 2.27 bits per heavy atom. The molecule has 1 heterocycles. The maximum Gasteiger partial charge on any atom is 0.126 e. The molecule has 0 spiro atoms. The summed E-state index contributed by atoms with van der Waals surface area (Å²) in [4.78, 5) is 0. The van der Waals surface area contributed by atoms with Crippen molar-refractivity contribution in [2.45, 2.75) is 25.2 Å². The van der Waals surface area contributed by atoms with Crippen LogP contribution in [0.2, 0.25) is 25.2 Å². The molecule has 0 fully saturated rings. The molecule has 0 N–H and O–H groups in total. The Morgan fingerprint density at radius 1 is 1.55 bits per heavy atom. The van der Waals surface area contributed by atoms with Gasteiger partial charge in [0, 0.05) is 10.2 Å². The highest BCUT2D eigenvalue weighted by Crippen LogP contribution is 2.11. The van der Waals surface area contributed by atoms with Crippen LogP contribution in [0.25, 0.3) is 0 Å². The molecule has 0 atom stereocenters. The van der Waals surface area contributed by atoms with Gasteiger partial charge in [-0.2, -0.15) is 0 Å². The van der Waals surface area contributed by atoms with E-state index in [1.165, 1.54) is 11.4 Å². The highest BCUT2D eigenvalue weighted by atomic mass is 28.3. The number of hydrogen-bond acceptors (Lipinski definition) is 1. The lowest BCUT2D eigenvalue weighted by Gasteiger charge is -2.17. The zero-order valence-electron chi connectivity index (χ0n) is 7.05. The summed E-state index contributed by atoms with van der Waals surface area (Å²) < 4.78 is 5.39. The fourth-order valence-corrected chi connectivity index (χ4v) is 4.78. The van der Waals surface area contributed by atoms with Crippen molar-refractivity contribution in [3.8, 4) is 0 Å². The van der Waals surface area contributed by atoms with E-state index in [1.807, 2.05) is 6.07 Å². The van der Waals surface area contributed by atoms with Crippen LogP contribution >= 0.6 is 0 Å². The summed E-state index contributed by atoms with van der Waals surface area (Å²) in [5.74, 6) is 0. The molecule has 0 aliphatic rings. The molecule has 0 bridgehead atoms. The van der Waals surface area contributed by atoms with Gasteiger partial charge in [-0.15, -0.1) is 0 Å². The molecule has 3 radical (unpaired) electrons. The normalized spacial score (nSPS) is 11.9. The Kier molecular flexibility index (Phi) is 2.73. The van der Waals surface area contributed by atoms with Gasteiger partial charge in [-0.05, 0) is 12.1 Å². The molecule has 1 aromatic heterocycles. The van der Waals surface area contributed by atoms with Crippen LogP contribution in [0.4, 0.5) is 0 Å². The lowest BCUT2D eigenvalue weighted by atomic mass is 10.7. The summed E-state index contributed by atoms with van der Waals surface area (Å²) in [5.41, 5.74) is 0. The van der Waals surface area contributed by atoms with Crippen molar-refractivity contribution in [3.63, 3.8) is 0 Å². The number of hydrogen-bond donors (Lipinski definition) is 0. The van der Waals surface area contributed by atoms with Gasteiger partial charge in [-0.3, -0.25) is 0 Å². The molecule has 0 amide bonds. The molecule has 1 rings (SSSR count). The first kappa shape index (κ1) is 8.81. The van der Waals surface area contributed by atoms with Gasteiger partial charge in [0.25, 0.3) is 0 Å². The minimum Gasteiger partial charge on any atom is -0.475 e. The molecule has 0 saturated heterocycles. The van der Waals surface area contributed by atoms with Crippen LogP contribution in [-0.2, 0) is 0 Å². The van der Waals surface area contributed by atoms with Gasteiger partial charge < -0.3 is 4.42 Å². The second-order valence-corrected chi connectivity index (χ2v) is 8.62. The summed E-state index contributed by atoms with van der Waals surface area (Å²) in [5, 5.41) is 1.20. The monoisotopic (exact) mass is 181 g/mol. The zero-order chi connectivity index (χ0) is 8.32. The third-order valence-electron chi connectivity index (χ3n) is 1.94. The van der Waals surface area contributed by atoms with E-state index in [4.69, 9.17) is 4.42 Å². The van der Waals surface area contributed by atoms with Gasteiger partial charge in [0.1, 0.15) is 8.07 Å². The molecule has 59 valence electrons. The maximum absolute atomic E-state index is 5.39. The SMILES string of the molecule is C[Si](C)(CC[Si])c1ccco1. The van der Waals surface area contributed by atoms with Crippen LogP contribution < -0.4 is 5.38 Å². The van der Waals surface area contributed by atoms with Crippen molar-refractivity contribution < 1.29 is 4.42 Å². The number of rotatable bonds is 3. The Labute approximate surface area is 72.2 Å². The first-order valence-corrected chi connectivity index (χ1v) is 7.77. The predicted octanol–water partition coefficient (Wildman–Crippen LogP) is 1.78. The predicted molar refractivity (Wildman–Crippen MR) is 51.2 cm³/mol. The molecule has 1 aromatic rings. The largest absolute Gasteiger partial charge is 0.475 e. The van der Waals surface area contributed by atoms with Crippen LogP contribution in [0.5, 0.6) is 0 Å². The van der Waals surface area contributed by atoms with E-state index in [0.29, 0.717) is 0 Å². The summed E-state index contributed by atoms with van der Waals surface area (Å²) in [6.07, 6.45) is 1.76. The Balaban J connectivity index is 2.73. The van der Waals surface area contributed by atoms with Crippen molar-refractivity contribution >= 4 is 23.7 Å². The molecular formula is C8H13OSi2. The van der Waals surface area contributed by atoms with E-state index in [2.05, 4.69) is 29.4 Å². The first-order chi connectivity index (χ1) is 5.17. The van der Waals surface area contributed by atoms with Gasteiger partial charge in [-0.1, -0.05) is 25.2 Å². The van der Waals surface area contributed by atoms with Gasteiger partial charge >= 0.3 is 0 Å². The van der Waals surface area contributed by atoms with E-state index in [0.717, 1.165) is 6.04 Å². The Bertz CT molecular complexity index is 204. The van der Waals surface area contributed by atoms with E-state index < -0.39 is 8.07 Å². The minimum atomic E-state index is -1.24. The van der Waals surface area contributed by atoms with Crippen LogP contribution in [-0.4, -0.2) is 18.3 Å². The third kappa shape index (κ3) is 2.07.